The fraction of sp³-hybridized carbons (Fsp3) is 0.900. The Labute approximate surface area is 74.9 Å². The Morgan fingerprint density at radius 1 is 1.15 bits per heavy atom. The lowest BCUT2D eigenvalue weighted by Gasteiger charge is -3.08. The molecule has 3 heteroatoms. The predicted molar refractivity (Wildman–Crippen MR) is 41.3 cm³/mol. The second-order valence-electron chi connectivity index (χ2n) is 5.60. The van der Waals surface area contributed by atoms with Crippen molar-refractivity contribution in [2.75, 3.05) is 0 Å². The lowest BCUT2D eigenvalue weighted by atomic mass is 8.97. The molecule has 6 rings (SSSR count). The van der Waals surface area contributed by atoms with Crippen molar-refractivity contribution in [3.05, 3.63) is 0 Å². The van der Waals surface area contributed by atoms with Gasteiger partial charge < -0.3 is 5.32 Å². The van der Waals surface area contributed by atoms with E-state index < -0.39 is 5.67 Å². The van der Waals surface area contributed by atoms with Gasteiger partial charge in [-0.05, 0) is 17.8 Å². The summed E-state index contributed by atoms with van der Waals surface area (Å²) in [6, 6.07) is 0. The van der Waals surface area contributed by atoms with Gasteiger partial charge in [-0.3, -0.25) is 4.79 Å². The molecular weight excluding hydrogens is 169 g/mol. The molecule has 1 amide bonds. The zero-order valence-corrected chi connectivity index (χ0v) is 7.25. The maximum absolute atomic E-state index is 13.8. The zero-order chi connectivity index (χ0) is 8.75. The van der Waals surface area contributed by atoms with Crippen LogP contribution in [0.5, 0.6) is 0 Å². The van der Waals surface area contributed by atoms with Gasteiger partial charge in [0, 0.05) is 24.7 Å². The number of hydrogen-bond donors (Lipinski definition) is 1. The van der Waals surface area contributed by atoms with E-state index in [1.165, 1.54) is 0 Å². The van der Waals surface area contributed by atoms with E-state index in [9.17, 15) is 9.18 Å². The van der Waals surface area contributed by atoms with Crippen LogP contribution in [0, 0.1) is 35.5 Å². The van der Waals surface area contributed by atoms with Crippen molar-refractivity contribution in [2.45, 2.75) is 18.1 Å². The Morgan fingerprint density at radius 2 is 1.62 bits per heavy atom. The predicted octanol–water partition coefficient (Wildman–Crippen LogP) is 0.335. The highest BCUT2D eigenvalue weighted by atomic mass is 19.1. The third kappa shape index (κ3) is 0.243. The molecular formula is C10H10FNO. The fourth-order valence-electron chi connectivity index (χ4n) is 5.95. The first-order valence-corrected chi connectivity index (χ1v) is 5.13. The number of amides is 1. The number of rotatable bonds is 1. The van der Waals surface area contributed by atoms with E-state index in [-0.39, 0.29) is 11.4 Å². The molecule has 2 nitrogen and oxygen atoms in total. The first-order chi connectivity index (χ1) is 6.15. The van der Waals surface area contributed by atoms with E-state index in [0.717, 1.165) is 0 Å². The lowest BCUT2D eigenvalue weighted by Crippen LogP contribution is -3.16. The van der Waals surface area contributed by atoms with E-state index in [0.29, 0.717) is 35.5 Å². The fourth-order valence-corrected chi connectivity index (χ4v) is 5.95. The summed E-state index contributed by atoms with van der Waals surface area (Å²) in [4.78, 5) is 11.0. The molecule has 6 fully saturated rings. The highest BCUT2D eigenvalue weighted by Gasteiger charge is 3.11. The Kier molecular flexibility index (Phi) is 0.509. The molecule has 13 heavy (non-hydrogen) atoms. The summed E-state index contributed by atoms with van der Waals surface area (Å²) >= 11 is 0. The average molecular weight is 179 g/mol. The molecule has 0 aliphatic heterocycles. The second-order valence-corrected chi connectivity index (χ2v) is 5.60. The molecule has 0 radical (unpaired) electrons. The molecule has 0 aromatic heterocycles. The number of carbonyl (C=O) groups excluding carboxylic acids is 1. The number of alkyl halides is 1. The van der Waals surface area contributed by atoms with Gasteiger partial charge in [0.25, 0.3) is 0 Å². The summed E-state index contributed by atoms with van der Waals surface area (Å²) in [6.07, 6.45) is 0. The summed E-state index contributed by atoms with van der Waals surface area (Å²) in [5, 5.41) is 3.08. The SMILES string of the molecule is CC(=O)NC12C3C4C1C1C2C3C41F. The van der Waals surface area contributed by atoms with E-state index in [2.05, 4.69) is 5.32 Å². The molecule has 0 saturated heterocycles. The van der Waals surface area contributed by atoms with Gasteiger partial charge in [-0.1, -0.05) is 0 Å². The Bertz CT molecular complexity index is 337. The third-order valence-electron chi connectivity index (χ3n) is 5.90. The summed E-state index contributed by atoms with van der Waals surface area (Å²) in [6.45, 7) is 1.58. The Morgan fingerprint density at radius 3 is 2.00 bits per heavy atom. The molecule has 0 spiro atoms. The van der Waals surface area contributed by atoms with Crippen LogP contribution in [0.4, 0.5) is 4.39 Å². The molecule has 0 atom stereocenters. The van der Waals surface area contributed by atoms with Gasteiger partial charge in [-0.2, -0.15) is 0 Å². The van der Waals surface area contributed by atoms with Crippen LogP contribution in [-0.2, 0) is 4.79 Å². The molecule has 0 heterocycles. The number of halogens is 1. The van der Waals surface area contributed by atoms with Crippen molar-refractivity contribution in [3.63, 3.8) is 0 Å². The minimum atomic E-state index is -0.722. The van der Waals surface area contributed by atoms with Crippen molar-refractivity contribution in [1.29, 1.82) is 0 Å². The average Bonchev–Trinajstić information content (AvgIpc) is 2.10. The summed E-state index contributed by atoms with van der Waals surface area (Å²) in [5.41, 5.74) is -0.597. The van der Waals surface area contributed by atoms with Crippen LogP contribution < -0.4 is 5.32 Å². The van der Waals surface area contributed by atoms with Crippen LogP contribution >= 0.6 is 0 Å². The first kappa shape index (κ1) is 5.99. The van der Waals surface area contributed by atoms with Gasteiger partial charge in [0.2, 0.25) is 5.91 Å². The van der Waals surface area contributed by atoms with Crippen LogP contribution in [0.1, 0.15) is 6.92 Å². The van der Waals surface area contributed by atoms with Crippen LogP contribution in [0.15, 0.2) is 0 Å². The lowest BCUT2D eigenvalue weighted by molar-refractivity contribution is -0.614. The summed E-state index contributed by atoms with van der Waals surface area (Å²) < 4.78 is 13.8. The number of carbonyl (C=O) groups is 1. The molecule has 6 aliphatic rings. The molecule has 0 unspecified atom stereocenters. The van der Waals surface area contributed by atoms with Crippen LogP contribution in [0.3, 0.4) is 0 Å². The van der Waals surface area contributed by atoms with Crippen molar-refractivity contribution in [2.24, 2.45) is 35.5 Å². The maximum atomic E-state index is 13.8. The van der Waals surface area contributed by atoms with Gasteiger partial charge in [0.05, 0.1) is 5.54 Å². The molecule has 6 aliphatic carbocycles. The van der Waals surface area contributed by atoms with Gasteiger partial charge >= 0.3 is 0 Å². The zero-order valence-electron chi connectivity index (χ0n) is 7.25. The minimum Gasteiger partial charge on any atom is -0.350 e. The maximum Gasteiger partial charge on any atom is 0.217 e. The van der Waals surface area contributed by atoms with Crippen molar-refractivity contribution in [1.82, 2.24) is 5.32 Å². The Hall–Kier alpha value is -0.600. The van der Waals surface area contributed by atoms with Gasteiger partial charge in [0.15, 0.2) is 0 Å². The molecule has 1 N–H and O–H groups in total. The van der Waals surface area contributed by atoms with Crippen molar-refractivity contribution >= 4 is 5.91 Å². The standard InChI is InChI=1S/C10H10FNO/c1-2(13)12-10-6-3-7(10)5-8(10)4(6)9(3,5)11/h3-8H,1H3,(H,12,13). The summed E-state index contributed by atoms with van der Waals surface area (Å²) in [7, 11) is 0. The quantitative estimate of drug-likeness (QED) is 0.617. The molecule has 0 bridgehead atoms. The highest BCUT2D eigenvalue weighted by Crippen LogP contribution is 3.04. The van der Waals surface area contributed by atoms with E-state index in [4.69, 9.17) is 0 Å². The minimum absolute atomic E-state index is 0.0728. The van der Waals surface area contributed by atoms with Gasteiger partial charge in [-0.15, -0.1) is 0 Å². The first-order valence-electron chi connectivity index (χ1n) is 5.13. The molecule has 0 aromatic carbocycles. The normalized spacial score (nSPS) is 82.0. The Balaban J connectivity index is 1.59. The number of nitrogens with one attached hydrogen (secondary N) is 1. The van der Waals surface area contributed by atoms with Crippen LogP contribution in [0.25, 0.3) is 0 Å². The summed E-state index contributed by atoms with van der Waals surface area (Å²) in [5.74, 6) is 2.78. The molecule has 68 valence electrons. The van der Waals surface area contributed by atoms with E-state index in [1.54, 1.807) is 6.92 Å². The molecule has 6 saturated carbocycles. The van der Waals surface area contributed by atoms with Gasteiger partial charge in [0.1, 0.15) is 5.67 Å². The number of hydrogen-bond acceptors (Lipinski definition) is 1. The molecule has 0 aromatic rings. The van der Waals surface area contributed by atoms with Gasteiger partial charge in [-0.25, -0.2) is 4.39 Å². The monoisotopic (exact) mass is 179 g/mol. The van der Waals surface area contributed by atoms with Crippen molar-refractivity contribution < 1.29 is 9.18 Å². The highest BCUT2D eigenvalue weighted by molar-refractivity contribution is 5.77. The van der Waals surface area contributed by atoms with Crippen LogP contribution in [0.2, 0.25) is 0 Å². The van der Waals surface area contributed by atoms with Crippen molar-refractivity contribution in [3.8, 4) is 0 Å². The second kappa shape index (κ2) is 1.11. The third-order valence-corrected chi connectivity index (χ3v) is 5.90. The smallest absolute Gasteiger partial charge is 0.217 e. The van der Waals surface area contributed by atoms with E-state index in [1.807, 2.05) is 0 Å². The van der Waals surface area contributed by atoms with E-state index >= 15 is 0 Å². The van der Waals surface area contributed by atoms with Crippen LogP contribution in [-0.4, -0.2) is 17.1 Å². The topological polar surface area (TPSA) is 29.1 Å². The largest absolute Gasteiger partial charge is 0.350 e.